The largest absolute Gasteiger partial charge is 0.497 e. The van der Waals surface area contributed by atoms with Crippen molar-refractivity contribution in [1.82, 2.24) is 20.0 Å². The molecule has 174 valence electrons. The minimum absolute atomic E-state index is 0.0840. The second kappa shape index (κ2) is 10.5. The van der Waals surface area contributed by atoms with E-state index in [-0.39, 0.29) is 23.4 Å². The topological polar surface area (TPSA) is 59.4 Å². The number of carbonyl (C=O) groups excluding carboxylic acids is 1. The lowest BCUT2D eigenvalue weighted by Crippen LogP contribution is -2.49. The van der Waals surface area contributed by atoms with Crippen LogP contribution >= 0.6 is 0 Å². The van der Waals surface area contributed by atoms with E-state index < -0.39 is 0 Å². The molecule has 1 saturated carbocycles. The average molecular weight is 439 g/mol. The maximum Gasteiger partial charge on any atom is 0.222 e. The second-order valence-corrected chi connectivity index (χ2v) is 9.73. The van der Waals surface area contributed by atoms with Gasteiger partial charge in [0.05, 0.1) is 13.2 Å². The smallest absolute Gasteiger partial charge is 0.222 e. The van der Waals surface area contributed by atoms with Crippen molar-refractivity contribution in [2.24, 2.45) is 0 Å². The molecule has 1 amide bonds. The second-order valence-electron chi connectivity index (χ2n) is 9.73. The fourth-order valence-corrected chi connectivity index (χ4v) is 5.56. The third-order valence-corrected chi connectivity index (χ3v) is 7.45. The molecule has 0 radical (unpaired) electrons. The van der Waals surface area contributed by atoms with Gasteiger partial charge in [-0.2, -0.15) is 5.10 Å². The standard InChI is InChI=1S/C26H38N4O2/c1-21(30-16-6-15-27-30)19-25(31)28-23-11-17-29(18-12-23)20-26(13-4-3-5-14-26)22-7-9-24(32-2)10-8-22/h6-10,15-16,21,23H,3-5,11-14,17-20H2,1-2H3,(H,28,31). The van der Waals surface area contributed by atoms with Gasteiger partial charge in [0.25, 0.3) is 0 Å². The van der Waals surface area contributed by atoms with Crippen molar-refractivity contribution >= 4 is 5.91 Å². The summed E-state index contributed by atoms with van der Waals surface area (Å²) in [6, 6.07) is 11.0. The molecule has 1 aromatic heterocycles. The summed E-state index contributed by atoms with van der Waals surface area (Å²) in [7, 11) is 1.73. The Labute approximate surface area is 192 Å². The Kier molecular flexibility index (Phi) is 7.51. The summed E-state index contributed by atoms with van der Waals surface area (Å²) in [5, 5.41) is 7.51. The molecule has 6 nitrogen and oxygen atoms in total. The van der Waals surface area contributed by atoms with Gasteiger partial charge in [0.1, 0.15) is 5.75 Å². The zero-order valence-corrected chi connectivity index (χ0v) is 19.6. The Morgan fingerprint density at radius 1 is 1.19 bits per heavy atom. The fraction of sp³-hybridized carbons (Fsp3) is 0.615. The zero-order valence-electron chi connectivity index (χ0n) is 19.6. The molecule has 32 heavy (non-hydrogen) atoms. The number of amides is 1. The van der Waals surface area contributed by atoms with E-state index >= 15 is 0 Å². The lowest BCUT2D eigenvalue weighted by Gasteiger charge is -2.44. The van der Waals surface area contributed by atoms with Crippen LogP contribution in [0.2, 0.25) is 0 Å². The summed E-state index contributed by atoms with van der Waals surface area (Å²) >= 11 is 0. The number of aromatic nitrogens is 2. The molecular weight excluding hydrogens is 400 g/mol. The van der Waals surface area contributed by atoms with Crippen molar-refractivity contribution in [3.05, 3.63) is 48.3 Å². The molecule has 1 aliphatic heterocycles. The minimum Gasteiger partial charge on any atom is -0.497 e. The number of benzene rings is 1. The Morgan fingerprint density at radius 2 is 1.91 bits per heavy atom. The SMILES string of the molecule is COc1ccc(C2(CN3CCC(NC(=O)CC(C)n4cccn4)CC3)CCCCC2)cc1. The van der Waals surface area contributed by atoms with Gasteiger partial charge in [-0.05, 0) is 56.4 Å². The summed E-state index contributed by atoms with van der Waals surface area (Å²) in [6.45, 7) is 5.27. The Bertz CT molecular complexity index is 835. The van der Waals surface area contributed by atoms with E-state index in [1.54, 1.807) is 13.3 Å². The molecule has 1 unspecified atom stereocenters. The van der Waals surface area contributed by atoms with Crippen LogP contribution in [0.3, 0.4) is 0 Å². The summed E-state index contributed by atoms with van der Waals surface area (Å²) < 4.78 is 7.23. The molecular formula is C26H38N4O2. The monoisotopic (exact) mass is 438 g/mol. The number of hydrogen-bond donors (Lipinski definition) is 1. The van der Waals surface area contributed by atoms with Gasteiger partial charge in [-0.25, -0.2) is 0 Å². The van der Waals surface area contributed by atoms with E-state index in [9.17, 15) is 4.79 Å². The van der Waals surface area contributed by atoms with Gasteiger partial charge >= 0.3 is 0 Å². The number of nitrogens with one attached hydrogen (secondary N) is 1. The molecule has 2 fully saturated rings. The van der Waals surface area contributed by atoms with Crippen LogP contribution in [0.25, 0.3) is 0 Å². The molecule has 6 heteroatoms. The van der Waals surface area contributed by atoms with Crippen LogP contribution in [0.1, 0.15) is 69.9 Å². The average Bonchev–Trinajstić information content (AvgIpc) is 3.36. The number of rotatable bonds is 8. The highest BCUT2D eigenvalue weighted by Gasteiger charge is 2.36. The molecule has 1 aromatic carbocycles. The third-order valence-electron chi connectivity index (χ3n) is 7.45. The van der Waals surface area contributed by atoms with Crippen LogP contribution in [0.15, 0.2) is 42.7 Å². The van der Waals surface area contributed by atoms with Crippen molar-refractivity contribution in [1.29, 1.82) is 0 Å². The van der Waals surface area contributed by atoms with Crippen molar-refractivity contribution < 1.29 is 9.53 Å². The Hall–Kier alpha value is -2.34. The number of piperidine rings is 1. The maximum atomic E-state index is 12.5. The number of likely N-dealkylation sites (tertiary alicyclic amines) is 1. The van der Waals surface area contributed by atoms with Crippen LogP contribution in [0.4, 0.5) is 0 Å². The summed E-state index contributed by atoms with van der Waals surface area (Å²) in [4.78, 5) is 15.2. The van der Waals surface area contributed by atoms with Gasteiger partial charge in [-0.15, -0.1) is 0 Å². The summed E-state index contributed by atoms with van der Waals surface area (Å²) in [5.74, 6) is 1.06. The first-order chi connectivity index (χ1) is 15.6. The van der Waals surface area contributed by atoms with Crippen molar-refractivity contribution in [2.75, 3.05) is 26.7 Å². The van der Waals surface area contributed by atoms with Crippen molar-refractivity contribution in [3.8, 4) is 5.75 Å². The summed E-state index contributed by atoms with van der Waals surface area (Å²) in [6.07, 6.45) is 12.7. The van der Waals surface area contributed by atoms with Crippen LogP contribution in [0, 0.1) is 0 Å². The molecule has 1 saturated heterocycles. The molecule has 2 heterocycles. The minimum atomic E-state index is 0.0840. The summed E-state index contributed by atoms with van der Waals surface area (Å²) in [5.41, 5.74) is 1.71. The highest BCUT2D eigenvalue weighted by Crippen LogP contribution is 2.41. The maximum absolute atomic E-state index is 12.5. The van der Waals surface area contributed by atoms with Gasteiger partial charge in [0.15, 0.2) is 0 Å². The van der Waals surface area contributed by atoms with E-state index in [4.69, 9.17) is 4.74 Å². The highest BCUT2D eigenvalue weighted by atomic mass is 16.5. The predicted octanol–water partition coefficient (Wildman–Crippen LogP) is 4.33. The lowest BCUT2D eigenvalue weighted by molar-refractivity contribution is -0.122. The van der Waals surface area contributed by atoms with Crippen LogP contribution < -0.4 is 10.1 Å². The van der Waals surface area contributed by atoms with Crippen LogP contribution in [-0.4, -0.2) is 53.4 Å². The molecule has 1 atom stereocenters. The number of carbonyl (C=O) groups is 1. The highest BCUT2D eigenvalue weighted by molar-refractivity contribution is 5.76. The zero-order chi connectivity index (χ0) is 22.4. The Morgan fingerprint density at radius 3 is 2.53 bits per heavy atom. The third kappa shape index (κ3) is 5.52. The van der Waals surface area contributed by atoms with E-state index in [1.807, 2.05) is 23.9 Å². The first-order valence-corrected chi connectivity index (χ1v) is 12.2. The fourth-order valence-electron chi connectivity index (χ4n) is 5.56. The number of hydrogen-bond acceptors (Lipinski definition) is 4. The van der Waals surface area contributed by atoms with E-state index in [1.165, 1.54) is 37.7 Å². The van der Waals surface area contributed by atoms with Gasteiger partial charge in [0.2, 0.25) is 5.91 Å². The molecule has 1 N–H and O–H groups in total. The first kappa shape index (κ1) is 22.8. The van der Waals surface area contributed by atoms with Crippen LogP contribution in [0.5, 0.6) is 5.75 Å². The van der Waals surface area contributed by atoms with Crippen LogP contribution in [-0.2, 0) is 10.2 Å². The van der Waals surface area contributed by atoms with Crippen molar-refractivity contribution in [2.45, 2.75) is 75.8 Å². The first-order valence-electron chi connectivity index (χ1n) is 12.2. The number of ether oxygens (including phenoxy) is 1. The molecule has 4 rings (SSSR count). The van der Waals surface area contributed by atoms with E-state index in [0.29, 0.717) is 6.42 Å². The lowest BCUT2D eigenvalue weighted by atomic mass is 9.69. The van der Waals surface area contributed by atoms with Gasteiger partial charge in [0, 0.05) is 49.9 Å². The van der Waals surface area contributed by atoms with E-state index in [2.05, 4.69) is 39.6 Å². The van der Waals surface area contributed by atoms with Crippen molar-refractivity contribution in [3.63, 3.8) is 0 Å². The van der Waals surface area contributed by atoms with Gasteiger partial charge < -0.3 is 15.0 Å². The molecule has 2 aromatic rings. The molecule has 2 aliphatic rings. The number of methoxy groups -OCH3 is 1. The van der Waals surface area contributed by atoms with Gasteiger partial charge in [-0.3, -0.25) is 9.48 Å². The molecule has 1 aliphatic carbocycles. The number of nitrogens with zero attached hydrogens (tertiary/aromatic N) is 3. The normalized spacial score (nSPS) is 20.6. The Balaban J connectivity index is 1.30. The van der Waals surface area contributed by atoms with E-state index in [0.717, 1.165) is 38.2 Å². The van der Waals surface area contributed by atoms with Gasteiger partial charge in [-0.1, -0.05) is 31.4 Å². The predicted molar refractivity (Wildman–Crippen MR) is 127 cm³/mol. The molecule has 0 bridgehead atoms. The quantitative estimate of drug-likeness (QED) is 0.667. The molecule has 0 spiro atoms.